The maximum atomic E-state index is 12.7. The molecule has 0 radical (unpaired) electrons. The third-order valence-corrected chi connectivity index (χ3v) is 2.10. The summed E-state index contributed by atoms with van der Waals surface area (Å²) in [6, 6.07) is 0. The zero-order chi connectivity index (χ0) is 14.8. The molecule has 0 aliphatic carbocycles. The van der Waals surface area contributed by atoms with Crippen molar-refractivity contribution in [1.82, 2.24) is 15.1 Å². The van der Waals surface area contributed by atoms with E-state index in [9.17, 15) is 13.2 Å². The molecule has 1 aromatic rings. The number of hydrogen-bond acceptors (Lipinski definition) is 2. The average Bonchev–Trinajstić information content (AvgIpc) is 2.53. The summed E-state index contributed by atoms with van der Waals surface area (Å²) in [5.74, 6) is 0.101. The maximum absolute atomic E-state index is 12.7. The van der Waals surface area contributed by atoms with Crippen molar-refractivity contribution in [3.8, 4) is 0 Å². The molecule has 0 aromatic carbocycles. The van der Waals surface area contributed by atoms with Gasteiger partial charge in [-0.3, -0.25) is 4.68 Å². The Kier molecular flexibility index (Phi) is 4.12. The van der Waals surface area contributed by atoms with Crippen LogP contribution in [0.1, 0.15) is 32.0 Å². The second kappa shape index (κ2) is 5.10. The number of halogens is 3. The minimum atomic E-state index is -4.49. The highest BCUT2D eigenvalue weighted by Gasteiger charge is 2.36. The second-order valence-electron chi connectivity index (χ2n) is 5.25. The van der Waals surface area contributed by atoms with Gasteiger partial charge >= 0.3 is 6.18 Å². The number of nitrogens with zero attached hydrogens (tertiary/aromatic N) is 3. The fraction of sp³-hybridized carbons (Fsp3) is 0.636. The Morgan fingerprint density at radius 3 is 2.47 bits per heavy atom. The summed E-state index contributed by atoms with van der Waals surface area (Å²) in [5, 5.41) is 6.27. The monoisotopic (exact) mass is 277 g/mol. The number of nitrogens with one attached hydrogen (secondary N) is 1. The van der Waals surface area contributed by atoms with E-state index >= 15 is 0 Å². The van der Waals surface area contributed by atoms with Gasteiger partial charge in [0.2, 0.25) is 0 Å². The molecule has 0 aliphatic rings. The van der Waals surface area contributed by atoms with Gasteiger partial charge in [-0.05, 0) is 20.8 Å². The highest BCUT2D eigenvalue weighted by Crippen LogP contribution is 2.30. The van der Waals surface area contributed by atoms with Crippen molar-refractivity contribution in [3.05, 3.63) is 17.5 Å². The van der Waals surface area contributed by atoms with E-state index in [4.69, 9.17) is 5.73 Å². The molecule has 1 aromatic heterocycles. The molecule has 108 valence electrons. The summed E-state index contributed by atoms with van der Waals surface area (Å²) in [5.41, 5.74) is 4.37. The summed E-state index contributed by atoms with van der Waals surface area (Å²) < 4.78 is 39.2. The second-order valence-corrected chi connectivity index (χ2v) is 5.25. The fourth-order valence-electron chi connectivity index (χ4n) is 1.49. The normalized spacial score (nSPS) is 13.7. The first-order chi connectivity index (χ1) is 8.49. The molecule has 19 heavy (non-hydrogen) atoms. The number of alkyl halides is 3. The Labute approximate surface area is 109 Å². The van der Waals surface area contributed by atoms with Gasteiger partial charge in [0.05, 0.1) is 6.54 Å². The molecule has 0 fully saturated rings. The smallest absolute Gasteiger partial charge is 0.370 e. The van der Waals surface area contributed by atoms with Crippen LogP contribution >= 0.6 is 0 Å². The SMILES string of the molecule is Cn1cc(CN=C(N)NC(C)(C)C)c(C(F)(F)F)n1. The van der Waals surface area contributed by atoms with Crippen LogP contribution in [0.25, 0.3) is 0 Å². The molecule has 5 nitrogen and oxygen atoms in total. The molecule has 3 N–H and O–H groups in total. The van der Waals surface area contributed by atoms with Gasteiger partial charge in [-0.25, -0.2) is 4.99 Å². The molecule has 0 aliphatic heterocycles. The van der Waals surface area contributed by atoms with E-state index < -0.39 is 11.9 Å². The predicted octanol–water partition coefficient (Wildman–Crippen LogP) is 1.64. The van der Waals surface area contributed by atoms with Crippen LogP contribution in [-0.4, -0.2) is 21.3 Å². The first-order valence-corrected chi connectivity index (χ1v) is 5.67. The van der Waals surface area contributed by atoms with Crippen molar-refractivity contribution in [3.63, 3.8) is 0 Å². The third kappa shape index (κ3) is 4.80. The summed E-state index contributed by atoms with van der Waals surface area (Å²) in [6.07, 6.45) is -3.20. The molecule has 0 saturated carbocycles. The summed E-state index contributed by atoms with van der Waals surface area (Å²) in [4.78, 5) is 3.90. The van der Waals surface area contributed by atoms with E-state index in [0.717, 1.165) is 4.68 Å². The van der Waals surface area contributed by atoms with Crippen LogP contribution in [0.2, 0.25) is 0 Å². The Morgan fingerprint density at radius 2 is 2.00 bits per heavy atom. The Balaban J connectivity index is 2.86. The van der Waals surface area contributed by atoms with Gasteiger partial charge in [0, 0.05) is 24.3 Å². The van der Waals surface area contributed by atoms with Crippen LogP contribution < -0.4 is 11.1 Å². The third-order valence-electron chi connectivity index (χ3n) is 2.10. The Bertz CT molecular complexity index is 468. The van der Waals surface area contributed by atoms with E-state index in [0.29, 0.717) is 0 Å². The van der Waals surface area contributed by atoms with Gasteiger partial charge in [-0.1, -0.05) is 0 Å². The van der Waals surface area contributed by atoms with Crippen molar-refractivity contribution >= 4 is 5.96 Å². The Morgan fingerprint density at radius 1 is 1.42 bits per heavy atom. The van der Waals surface area contributed by atoms with E-state index in [-0.39, 0.29) is 23.6 Å². The van der Waals surface area contributed by atoms with E-state index in [2.05, 4.69) is 15.4 Å². The van der Waals surface area contributed by atoms with Gasteiger partial charge in [0.1, 0.15) is 0 Å². The van der Waals surface area contributed by atoms with Crippen molar-refractivity contribution in [2.45, 2.75) is 39.0 Å². The molecule has 0 atom stereocenters. The number of hydrogen-bond donors (Lipinski definition) is 2. The van der Waals surface area contributed by atoms with Crippen molar-refractivity contribution in [2.75, 3.05) is 0 Å². The molecular formula is C11H18F3N5. The summed E-state index contributed by atoms with van der Waals surface area (Å²) in [6.45, 7) is 5.46. The lowest BCUT2D eigenvalue weighted by molar-refractivity contribution is -0.142. The van der Waals surface area contributed by atoms with Gasteiger partial charge in [-0.2, -0.15) is 18.3 Å². The quantitative estimate of drug-likeness (QED) is 0.638. The Hall–Kier alpha value is -1.73. The molecule has 0 amide bonds. The minimum Gasteiger partial charge on any atom is -0.370 e. The van der Waals surface area contributed by atoms with E-state index in [1.165, 1.54) is 13.2 Å². The first-order valence-electron chi connectivity index (χ1n) is 5.67. The number of aliphatic imine (C=N–C) groups is 1. The molecular weight excluding hydrogens is 259 g/mol. The van der Waals surface area contributed by atoms with Crippen LogP contribution in [-0.2, 0) is 19.8 Å². The summed E-state index contributed by atoms with van der Waals surface area (Å²) in [7, 11) is 1.43. The molecule has 1 rings (SSSR count). The lowest BCUT2D eigenvalue weighted by atomic mass is 10.1. The van der Waals surface area contributed by atoms with Crippen molar-refractivity contribution < 1.29 is 13.2 Å². The fourth-order valence-corrected chi connectivity index (χ4v) is 1.49. The summed E-state index contributed by atoms with van der Waals surface area (Å²) >= 11 is 0. The van der Waals surface area contributed by atoms with Gasteiger partial charge in [0.15, 0.2) is 11.7 Å². The maximum Gasteiger partial charge on any atom is 0.435 e. The van der Waals surface area contributed by atoms with Gasteiger partial charge < -0.3 is 11.1 Å². The van der Waals surface area contributed by atoms with Crippen LogP contribution in [0.3, 0.4) is 0 Å². The molecule has 0 saturated heterocycles. The molecule has 8 heteroatoms. The number of rotatable bonds is 2. The minimum absolute atomic E-state index is 0.00587. The van der Waals surface area contributed by atoms with Crippen molar-refractivity contribution in [1.29, 1.82) is 0 Å². The standard InChI is InChI=1S/C11H18F3N5/c1-10(2,3)17-9(15)16-5-7-6-19(4)18-8(7)11(12,13)14/h6H,5H2,1-4H3,(H3,15,16,17). The van der Waals surface area contributed by atoms with Crippen LogP contribution in [0, 0.1) is 0 Å². The predicted molar refractivity (Wildman–Crippen MR) is 66.4 cm³/mol. The lowest BCUT2D eigenvalue weighted by Crippen LogP contribution is -2.45. The number of aryl methyl sites for hydroxylation is 1. The van der Waals surface area contributed by atoms with Crippen LogP contribution in [0.15, 0.2) is 11.2 Å². The van der Waals surface area contributed by atoms with Crippen molar-refractivity contribution in [2.24, 2.45) is 17.8 Å². The number of aromatic nitrogens is 2. The van der Waals surface area contributed by atoms with Crippen LogP contribution in [0.5, 0.6) is 0 Å². The number of nitrogens with two attached hydrogens (primary N) is 1. The number of guanidine groups is 1. The zero-order valence-corrected chi connectivity index (χ0v) is 11.3. The largest absolute Gasteiger partial charge is 0.435 e. The molecule has 1 heterocycles. The highest BCUT2D eigenvalue weighted by molar-refractivity contribution is 5.78. The molecule has 0 unspecified atom stereocenters. The van der Waals surface area contributed by atoms with Crippen LogP contribution in [0.4, 0.5) is 13.2 Å². The van der Waals surface area contributed by atoms with E-state index in [1.807, 2.05) is 20.8 Å². The molecule has 0 bridgehead atoms. The first kappa shape index (κ1) is 15.3. The highest BCUT2D eigenvalue weighted by atomic mass is 19.4. The zero-order valence-electron chi connectivity index (χ0n) is 11.3. The molecule has 0 spiro atoms. The average molecular weight is 277 g/mol. The van der Waals surface area contributed by atoms with Gasteiger partial charge in [0.25, 0.3) is 0 Å². The van der Waals surface area contributed by atoms with E-state index in [1.54, 1.807) is 0 Å². The van der Waals surface area contributed by atoms with Gasteiger partial charge in [-0.15, -0.1) is 0 Å². The topological polar surface area (TPSA) is 68.2 Å². The lowest BCUT2D eigenvalue weighted by Gasteiger charge is -2.20.